The van der Waals surface area contributed by atoms with Crippen LogP contribution in [0.5, 0.6) is 0 Å². The summed E-state index contributed by atoms with van der Waals surface area (Å²) in [6.07, 6.45) is 1.97. The first-order valence-electron chi connectivity index (χ1n) is 7.10. The molecule has 1 aromatic rings. The van der Waals surface area contributed by atoms with Crippen LogP contribution in [-0.4, -0.2) is 38.8 Å². The Hall–Kier alpha value is -0.590. The average Bonchev–Trinajstić information content (AvgIpc) is 2.84. The highest BCUT2D eigenvalue weighted by Gasteiger charge is 2.00. The van der Waals surface area contributed by atoms with Gasteiger partial charge >= 0.3 is 0 Å². The van der Waals surface area contributed by atoms with Crippen molar-refractivity contribution in [1.29, 1.82) is 0 Å². The molecule has 0 fully saturated rings. The molecule has 114 valence electrons. The highest BCUT2D eigenvalue weighted by Crippen LogP contribution is 2.21. The SMILES string of the molecule is CCNC(=NCCCOCC)NCCc1ccc(Br)s1. The van der Waals surface area contributed by atoms with E-state index in [0.717, 1.165) is 51.6 Å². The number of nitrogens with zero attached hydrogens (tertiary/aromatic N) is 1. The summed E-state index contributed by atoms with van der Waals surface area (Å²) in [4.78, 5) is 5.90. The van der Waals surface area contributed by atoms with Gasteiger partial charge in [-0.15, -0.1) is 11.3 Å². The van der Waals surface area contributed by atoms with Crippen molar-refractivity contribution in [3.05, 3.63) is 20.8 Å². The summed E-state index contributed by atoms with van der Waals surface area (Å²) in [5.41, 5.74) is 0. The molecular weight excluding hydrogens is 338 g/mol. The molecular formula is C14H24BrN3OS. The number of guanidine groups is 1. The Kier molecular flexibility index (Phi) is 9.70. The number of hydrogen-bond acceptors (Lipinski definition) is 3. The number of aliphatic imine (C=N–C) groups is 1. The quantitative estimate of drug-likeness (QED) is 0.403. The van der Waals surface area contributed by atoms with Gasteiger partial charge in [0.25, 0.3) is 0 Å². The molecule has 2 N–H and O–H groups in total. The Morgan fingerprint density at radius 3 is 2.85 bits per heavy atom. The molecule has 1 aromatic heterocycles. The Morgan fingerprint density at radius 1 is 1.35 bits per heavy atom. The lowest BCUT2D eigenvalue weighted by molar-refractivity contribution is 0.146. The van der Waals surface area contributed by atoms with Crippen LogP contribution in [0.25, 0.3) is 0 Å². The van der Waals surface area contributed by atoms with Gasteiger partial charge in [-0.3, -0.25) is 4.99 Å². The van der Waals surface area contributed by atoms with Crippen molar-refractivity contribution >= 4 is 33.2 Å². The third kappa shape index (κ3) is 7.87. The number of halogens is 1. The van der Waals surface area contributed by atoms with E-state index in [9.17, 15) is 0 Å². The van der Waals surface area contributed by atoms with Gasteiger partial charge in [-0.25, -0.2) is 0 Å². The maximum absolute atomic E-state index is 5.30. The van der Waals surface area contributed by atoms with Gasteiger partial charge in [0.2, 0.25) is 0 Å². The van der Waals surface area contributed by atoms with Crippen LogP contribution in [0.1, 0.15) is 25.1 Å². The number of rotatable bonds is 9. The smallest absolute Gasteiger partial charge is 0.191 e. The van der Waals surface area contributed by atoms with E-state index in [2.05, 4.69) is 50.6 Å². The molecule has 0 radical (unpaired) electrons. The molecule has 0 aromatic carbocycles. The van der Waals surface area contributed by atoms with E-state index in [4.69, 9.17) is 4.74 Å². The highest BCUT2D eigenvalue weighted by atomic mass is 79.9. The summed E-state index contributed by atoms with van der Waals surface area (Å²) in [5, 5.41) is 6.62. The van der Waals surface area contributed by atoms with Gasteiger partial charge in [-0.2, -0.15) is 0 Å². The zero-order valence-corrected chi connectivity index (χ0v) is 14.6. The van der Waals surface area contributed by atoms with E-state index in [1.165, 1.54) is 8.66 Å². The second-order valence-electron chi connectivity index (χ2n) is 4.19. The predicted octanol–water partition coefficient (Wildman–Crippen LogP) is 3.03. The summed E-state index contributed by atoms with van der Waals surface area (Å²) in [5.74, 6) is 0.889. The molecule has 0 atom stereocenters. The molecule has 0 aliphatic heterocycles. The second kappa shape index (κ2) is 11.1. The molecule has 1 rings (SSSR count). The topological polar surface area (TPSA) is 45.7 Å². The van der Waals surface area contributed by atoms with Crippen molar-refractivity contribution in [1.82, 2.24) is 10.6 Å². The molecule has 0 aliphatic carbocycles. The molecule has 0 amide bonds. The van der Waals surface area contributed by atoms with E-state index in [1.807, 2.05) is 6.92 Å². The standard InChI is InChI=1S/C14H24BrN3OS/c1-3-16-14(17-9-5-11-19-4-2)18-10-8-12-6-7-13(15)20-12/h6-7H,3-5,8-11H2,1-2H3,(H2,16,17,18). The maximum atomic E-state index is 5.30. The minimum absolute atomic E-state index is 0.776. The summed E-state index contributed by atoms with van der Waals surface area (Å²) < 4.78 is 6.49. The fraction of sp³-hybridized carbons (Fsp3) is 0.643. The largest absolute Gasteiger partial charge is 0.382 e. The van der Waals surface area contributed by atoms with Crippen molar-refractivity contribution in [3.63, 3.8) is 0 Å². The first-order chi connectivity index (χ1) is 9.76. The van der Waals surface area contributed by atoms with Gasteiger partial charge in [0.1, 0.15) is 0 Å². The van der Waals surface area contributed by atoms with Crippen molar-refractivity contribution in [2.24, 2.45) is 4.99 Å². The zero-order valence-electron chi connectivity index (χ0n) is 12.2. The lowest BCUT2D eigenvalue weighted by Crippen LogP contribution is -2.38. The fourth-order valence-corrected chi connectivity index (χ4v) is 3.12. The summed E-state index contributed by atoms with van der Waals surface area (Å²) in [6, 6.07) is 4.25. The first kappa shape index (κ1) is 17.5. The molecule has 0 aliphatic rings. The minimum Gasteiger partial charge on any atom is -0.382 e. The molecule has 20 heavy (non-hydrogen) atoms. The second-order valence-corrected chi connectivity index (χ2v) is 6.74. The van der Waals surface area contributed by atoms with Gasteiger partial charge in [-0.1, -0.05) is 0 Å². The van der Waals surface area contributed by atoms with Crippen molar-refractivity contribution in [3.8, 4) is 0 Å². The third-order valence-electron chi connectivity index (χ3n) is 2.56. The number of nitrogens with one attached hydrogen (secondary N) is 2. The van der Waals surface area contributed by atoms with Gasteiger partial charge in [0.05, 0.1) is 3.79 Å². The molecule has 6 heteroatoms. The Morgan fingerprint density at radius 2 is 2.20 bits per heavy atom. The van der Waals surface area contributed by atoms with Crippen molar-refractivity contribution in [2.75, 3.05) is 32.8 Å². The summed E-state index contributed by atoms with van der Waals surface area (Å²) >= 11 is 5.26. The van der Waals surface area contributed by atoms with Crippen LogP contribution < -0.4 is 10.6 Å². The highest BCUT2D eigenvalue weighted by molar-refractivity contribution is 9.11. The van der Waals surface area contributed by atoms with E-state index in [1.54, 1.807) is 11.3 Å². The Bertz CT molecular complexity index is 396. The molecule has 0 bridgehead atoms. The maximum Gasteiger partial charge on any atom is 0.191 e. The Labute approximate surface area is 134 Å². The molecule has 4 nitrogen and oxygen atoms in total. The van der Waals surface area contributed by atoms with E-state index >= 15 is 0 Å². The summed E-state index contributed by atoms with van der Waals surface area (Å²) in [7, 11) is 0. The van der Waals surface area contributed by atoms with Crippen LogP contribution in [0.4, 0.5) is 0 Å². The fourth-order valence-electron chi connectivity index (χ4n) is 1.63. The molecule has 1 heterocycles. The van der Waals surface area contributed by atoms with Gasteiger partial charge in [0.15, 0.2) is 5.96 Å². The van der Waals surface area contributed by atoms with Crippen LogP contribution in [0.15, 0.2) is 20.9 Å². The van der Waals surface area contributed by atoms with Gasteiger partial charge < -0.3 is 15.4 Å². The lowest BCUT2D eigenvalue weighted by atomic mass is 10.3. The monoisotopic (exact) mass is 361 g/mol. The molecule has 0 saturated carbocycles. The normalized spacial score (nSPS) is 11.7. The summed E-state index contributed by atoms with van der Waals surface area (Å²) in [6.45, 7) is 8.21. The van der Waals surface area contributed by atoms with Crippen molar-refractivity contribution < 1.29 is 4.74 Å². The number of ether oxygens (including phenoxy) is 1. The van der Waals surface area contributed by atoms with Gasteiger partial charge in [-0.05, 0) is 54.8 Å². The molecule has 0 saturated heterocycles. The van der Waals surface area contributed by atoms with E-state index < -0.39 is 0 Å². The zero-order chi connectivity index (χ0) is 14.6. The van der Waals surface area contributed by atoms with Crippen LogP contribution in [0, 0.1) is 0 Å². The lowest BCUT2D eigenvalue weighted by Gasteiger charge is -2.10. The van der Waals surface area contributed by atoms with Gasteiger partial charge in [0, 0.05) is 37.7 Å². The average molecular weight is 362 g/mol. The third-order valence-corrected chi connectivity index (χ3v) is 4.24. The Balaban J connectivity index is 2.25. The molecule has 0 unspecified atom stereocenters. The minimum atomic E-state index is 0.776. The van der Waals surface area contributed by atoms with E-state index in [-0.39, 0.29) is 0 Å². The predicted molar refractivity (Wildman–Crippen MR) is 90.8 cm³/mol. The number of thiophene rings is 1. The molecule has 0 spiro atoms. The van der Waals surface area contributed by atoms with Crippen LogP contribution in [-0.2, 0) is 11.2 Å². The van der Waals surface area contributed by atoms with Crippen LogP contribution in [0.3, 0.4) is 0 Å². The number of hydrogen-bond donors (Lipinski definition) is 2. The van der Waals surface area contributed by atoms with Crippen molar-refractivity contribution in [2.45, 2.75) is 26.7 Å². The van der Waals surface area contributed by atoms with Crippen LogP contribution in [0.2, 0.25) is 0 Å². The first-order valence-corrected chi connectivity index (χ1v) is 8.71. The van der Waals surface area contributed by atoms with E-state index in [0.29, 0.717) is 0 Å². The van der Waals surface area contributed by atoms with Crippen LogP contribution >= 0.6 is 27.3 Å².